The highest BCUT2D eigenvalue weighted by atomic mass is 16.5. The summed E-state index contributed by atoms with van der Waals surface area (Å²) < 4.78 is 5.42. The molecular formula is C20H24N2O2. The van der Waals surface area contributed by atoms with E-state index >= 15 is 0 Å². The lowest BCUT2D eigenvalue weighted by atomic mass is 10.0. The van der Waals surface area contributed by atoms with Crippen LogP contribution in [0.15, 0.2) is 48.5 Å². The van der Waals surface area contributed by atoms with E-state index in [1.165, 1.54) is 6.42 Å². The summed E-state index contributed by atoms with van der Waals surface area (Å²) >= 11 is 0. The average molecular weight is 324 g/mol. The predicted molar refractivity (Wildman–Crippen MR) is 97.3 cm³/mol. The third-order valence-electron chi connectivity index (χ3n) is 4.51. The fourth-order valence-corrected chi connectivity index (χ4v) is 3.17. The molecule has 4 heteroatoms. The highest BCUT2D eigenvalue weighted by molar-refractivity contribution is 5.91. The van der Waals surface area contributed by atoms with Crippen molar-refractivity contribution in [3.8, 4) is 16.9 Å². The van der Waals surface area contributed by atoms with Gasteiger partial charge in [-0.3, -0.25) is 4.79 Å². The summed E-state index contributed by atoms with van der Waals surface area (Å²) in [6, 6.07) is 15.8. The molecule has 2 aromatic rings. The highest BCUT2D eigenvalue weighted by Crippen LogP contribution is 2.31. The Morgan fingerprint density at radius 1 is 1.25 bits per heavy atom. The first-order valence-electron chi connectivity index (χ1n) is 8.50. The molecule has 1 saturated heterocycles. The van der Waals surface area contributed by atoms with Gasteiger partial charge >= 0.3 is 0 Å². The number of methoxy groups -OCH3 is 1. The molecule has 3 rings (SSSR count). The lowest BCUT2D eigenvalue weighted by Crippen LogP contribution is -2.15. The Bertz CT molecular complexity index is 694. The Labute approximate surface area is 143 Å². The van der Waals surface area contributed by atoms with Crippen molar-refractivity contribution in [2.75, 3.05) is 25.5 Å². The first-order chi connectivity index (χ1) is 11.8. The van der Waals surface area contributed by atoms with Crippen molar-refractivity contribution in [3.63, 3.8) is 0 Å². The maximum atomic E-state index is 12.2. The monoisotopic (exact) mass is 324 g/mol. The van der Waals surface area contributed by atoms with Crippen molar-refractivity contribution < 1.29 is 9.53 Å². The van der Waals surface area contributed by atoms with E-state index < -0.39 is 0 Å². The molecule has 1 aliphatic rings. The van der Waals surface area contributed by atoms with Crippen LogP contribution in [0.3, 0.4) is 0 Å². The molecule has 2 aromatic carbocycles. The van der Waals surface area contributed by atoms with E-state index in [9.17, 15) is 4.79 Å². The van der Waals surface area contributed by atoms with E-state index in [1.54, 1.807) is 7.11 Å². The minimum absolute atomic E-state index is 0.0825. The zero-order chi connectivity index (χ0) is 16.8. The Morgan fingerprint density at radius 2 is 2.12 bits per heavy atom. The zero-order valence-corrected chi connectivity index (χ0v) is 14.0. The van der Waals surface area contributed by atoms with Crippen molar-refractivity contribution in [1.29, 1.82) is 0 Å². The number of ether oxygens (including phenoxy) is 1. The number of nitrogens with one attached hydrogen (secondary N) is 2. The molecule has 2 N–H and O–H groups in total. The van der Waals surface area contributed by atoms with Gasteiger partial charge in [-0.25, -0.2) is 0 Å². The van der Waals surface area contributed by atoms with Gasteiger partial charge in [0.25, 0.3) is 0 Å². The van der Waals surface area contributed by atoms with Crippen LogP contribution in [0.2, 0.25) is 0 Å². The molecule has 1 fully saturated rings. The summed E-state index contributed by atoms with van der Waals surface area (Å²) in [5.74, 6) is 1.55. The first kappa shape index (κ1) is 16.5. The lowest BCUT2D eigenvalue weighted by Gasteiger charge is -2.11. The molecule has 1 aliphatic heterocycles. The molecule has 0 aliphatic carbocycles. The molecular weight excluding hydrogens is 300 g/mol. The van der Waals surface area contributed by atoms with E-state index in [0.717, 1.165) is 42.1 Å². The van der Waals surface area contributed by atoms with Crippen LogP contribution in [0.25, 0.3) is 11.1 Å². The molecule has 126 valence electrons. The van der Waals surface area contributed by atoms with Gasteiger partial charge in [0.15, 0.2) is 0 Å². The topological polar surface area (TPSA) is 50.4 Å². The standard InChI is InChI=1S/C20H24N2O2/c1-24-19-8-3-2-7-18(19)16-5-4-6-17(13-16)22-20(23)10-9-15-11-12-21-14-15/h2-8,13,15,21H,9-12,14H2,1H3,(H,22,23). The van der Waals surface area contributed by atoms with Gasteiger partial charge in [-0.05, 0) is 55.6 Å². The Morgan fingerprint density at radius 3 is 2.92 bits per heavy atom. The second-order valence-corrected chi connectivity index (χ2v) is 6.23. The third kappa shape index (κ3) is 4.15. The summed E-state index contributed by atoms with van der Waals surface area (Å²) in [6.07, 6.45) is 2.70. The molecule has 1 heterocycles. The van der Waals surface area contributed by atoms with Gasteiger partial charge in [-0.15, -0.1) is 0 Å². The number of carbonyl (C=O) groups excluding carboxylic acids is 1. The molecule has 1 atom stereocenters. The number of carbonyl (C=O) groups is 1. The van der Waals surface area contributed by atoms with Gasteiger partial charge in [-0.1, -0.05) is 30.3 Å². The maximum absolute atomic E-state index is 12.2. The Balaban J connectivity index is 1.65. The minimum Gasteiger partial charge on any atom is -0.496 e. The van der Waals surface area contributed by atoms with Crippen LogP contribution < -0.4 is 15.4 Å². The fourth-order valence-electron chi connectivity index (χ4n) is 3.17. The summed E-state index contributed by atoms with van der Waals surface area (Å²) in [5.41, 5.74) is 2.88. The van der Waals surface area contributed by atoms with Crippen molar-refractivity contribution in [2.24, 2.45) is 5.92 Å². The molecule has 4 nitrogen and oxygen atoms in total. The van der Waals surface area contributed by atoms with Crippen LogP contribution in [-0.2, 0) is 4.79 Å². The summed E-state index contributed by atoms with van der Waals surface area (Å²) in [5, 5.41) is 6.35. The van der Waals surface area contributed by atoms with E-state index in [0.29, 0.717) is 12.3 Å². The maximum Gasteiger partial charge on any atom is 0.224 e. The zero-order valence-electron chi connectivity index (χ0n) is 14.0. The SMILES string of the molecule is COc1ccccc1-c1cccc(NC(=O)CCC2CCNC2)c1. The van der Waals surface area contributed by atoms with Gasteiger partial charge in [0.2, 0.25) is 5.91 Å². The number of para-hydroxylation sites is 1. The Kier molecular flexibility index (Phi) is 5.49. The van der Waals surface area contributed by atoms with Crippen LogP contribution in [0.1, 0.15) is 19.3 Å². The van der Waals surface area contributed by atoms with Gasteiger partial charge < -0.3 is 15.4 Å². The number of rotatable bonds is 6. The van der Waals surface area contributed by atoms with Crippen LogP contribution in [0, 0.1) is 5.92 Å². The number of amides is 1. The molecule has 0 saturated carbocycles. The van der Waals surface area contributed by atoms with Crippen molar-refractivity contribution in [3.05, 3.63) is 48.5 Å². The van der Waals surface area contributed by atoms with Crippen molar-refractivity contribution in [1.82, 2.24) is 5.32 Å². The number of hydrogen-bond donors (Lipinski definition) is 2. The van der Waals surface area contributed by atoms with Gasteiger partial charge in [-0.2, -0.15) is 0 Å². The summed E-state index contributed by atoms with van der Waals surface area (Å²) in [7, 11) is 1.67. The van der Waals surface area contributed by atoms with Gasteiger partial charge in [0.1, 0.15) is 5.75 Å². The second-order valence-electron chi connectivity index (χ2n) is 6.23. The van der Waals surface area contributed by atoms with E-state index in [-0.39, 0.29) is 5.91 Å². The van der Waals surface area contributed by atoms with Crippen LogP contribution in [0.5, 0.6) is 5.75 Å². The minimum atomic E-state index is 0.0825. The van der Waals surface area contributed by atoms with Crippen LogP contribution in [-0.4, -0.2) is 26.1 Å². The fraction of sp³-hybridized carbons (Fsp3) is 0.350. The molecule has 24 heavy (non-hydrogen) atoms. The lowest BCUT2D eigenvalue weighted by molar-refractivity contribution is -0.116. The van der Waals surface area contributed by atoms with Gasteiger partial charge in [0, 0.05) is 17.7 Å². The number of benzene rings is 2. The molecule has 0 radical (unpaired) electrons. The average Bonchev–Trinajstić information content (AvgIpc) is 3.14. The van der Waals surface area contributed by atoms with Crippen LogP contribution >= 0.6 is 0 Å². The van der Waals surface area contributed by atoms with Gasteiger partial charge in [0.05, 0.1) is 7.11 Å². The molecule has 0 spiro atoms. The quantitative estimate of drug-likeness (QED) is 0.852. The normalized spacial score (nSPS) is 16.8. The van der Waals surface area contributed by atoms with E-state index in [4.69, 9.17) is 4.74 Å². The molecule has 0 bridgehead atoms. The largest absolute Gasteiger partial charge is 0.496 e. The third-order valence-corrected chi connectivity index (χ3v) is 4.51. The Hall–Kier alpha value is -2.33. The second kappa shape index (κ2) is 7.97. The van der Waals surface area contributed by atoms with Crippen LogP contribution in [0.4, 0.5) is 5.69 Å². The first-order valence-corrected chi connectivity index (χ1v) is 8.50. The molecule has 0 aromatic heterocycles. The predicted octanol–water partition coefficient (Wildman–Crippen LogP) is 3.69. The highest BCUT2D eigenvalue weighted by Gasteiger charge is 2.15. The smallest absolute Gasteiger partial charge is 0.224 e. The molecule has 1 unspecified atom stereocenters. The summed E-state index contributed by atoms with van der Waals surface area (Å²) in [4.78, 5) is 12.2. The summed E-state index contributed by atoms with van der Waals surface area (Å²) in [6.45, 7) is 2.11. The number of hydrogen-bond acceptors (Lipinski definition) is 3. The van der Waals surface area contributed by atoms with Crippen molar-refractivity contribution in [2.45, 2.75) is 19.3 Å². The molecule has 1 amide bonds. The number of anilines is 1. The van der Waals surface area contributed by atoms with E-state index in [1.807, 2.05) is 48.5 Å². The van der Waals surface area contributed by atoms with E-state index in [2.05, 4.69) is 10.6 Å². The van der Waals surface area contributed by atoms with Crippen molar-refractivity contribution >= 4 is 11.6 Å².